The molecular weight excluding hydrogens is 670 g/mol. The van der Waals surface area contributed by atoms with E-state index < -0.39 is 40.3 Å². The molecule has 50 heavy (non-hydrogen) atoms. The summed E-state index contributed by atoms with van der Waals surface area (Å²) in [6.45, 7) is 1.89. The molecule has 3 aliphatic rings. The number of fused-ring (bicyclic) bond motifs is 2. The fourth-order valence-electron chi connectivity index (χ4n) is 7.18. The van der Waals surface area contributed by atoms with Crippen LogP contribution in [0.5, 0.6) is 28.7 Å². The number of hydrogen-bond acceptors (Lipinski definition) is 11. The van der Waals surface area contributed by atoms with Gasteiger partial charge in [0.05, 0.1) is 26.9 Å². The number of anilines is 1. The lowest BCUT2D eigenvalue weighted by Gasteiger charge is -2.42. The first-order valence-corrected chi connectivity index (χ1v) is 16.1. The van der Waals surface area contributed by atoms with E-state index in [9.17, 15) is 14.4 Å². The second kappa shape index (κ2) is 11.8. The van der Waals surface area contributed by atoms with Crippen molar-refractivity contribution < 1.29 is 33.3 Å². The van der Waals surface area contributed by atoms with Crippen molar-refractivity contribution in [2.75, 3.05) is 26.6 Å². The molecule has 2 aliphatic heterocycles. The number of ketones is 2. The lowest BCUT2D eigenvalue weighted by Crippen LogP contribution is -2.58. The van der Waals surface area contributed by atoms with Crippen LogP contribution in [0.15, 0.2) is 57.5 Å². The van der Waals surface area contributed by atoms with E-state index in [1.807, 2.05) is 11.6 Å². The van der Waals surface area contributed by atoms with Gasteiger partial charge in [-0.2, -0.15) is 0 Å². The number of nitrogens with zero attached hydrogens (tertiary/aromatic N) is 4. The van der Waals surface area contributed by atoms with Crippen LogP contribution < -0.4 is 40.3 Å². The van der Waals surface area contributed by atoms with Crippen LogP contribution in [0.4, 0.5) is 5.82 Å². The van der Waals surface area contributed by atoms with Gasteiger partial charge in [-0.15, -0.1) is 0 Å². The number of carbonyl (C=O) groups is 2. The molecular formula is C35H34ClN5O9. The summed E-state index contributed by atoms with van der Waals surface area (Å²) in [5.41, 5.74) is -1.97. The maximum absolute atomic E-state index is 15.2. The molecule has 0 fully saturated rings. The van der Waals surface area contributed by atoms with Crippen LogP contribution >= 0.6 is 11.6 Å². The Bertz CT molecular complexity index is 2290. The van der Waals surface area contributed by atoms with E-state index in [1.54, 1.807) is 44.6 Å². The zero-order valence-corrected chi connectivity index (χ0v) is 29.1. The molecule has 0 radical (unpaired) electrons. The van der Waals surface area contributed by atoms with Crippen molar-refractivity contribution in [3.05, 3.63) is 96.3 Å². The highest BCUT2D eigenvalue weighted by molar-refractivity contribution is 6.36. The highest BCUT2D eigenvalue weighted by atomic mass is 35.5. The molecule has 0 saturated heterocycles. The summed E-state index contributed by atoms with van der Waals surface area (Å²) in [5, 5.41) is 3.24. The maximum Gasteiger partial charge on any atom is 0.332 e. The fourth-order valence-corrected chi connectivity index (χ4v) is 7.45. The summed E-state index contributed by atoms with van der Waals surface area (Å²) in [4.78, 5) is 61.1. The van der Waals surface area contributed by atoms with Crippen molar-refractivity contribution in [1.82, 2.24) is 18.7 Å². The first-order chi connectivity index (χ1) is 23.9. The van der Waals surface area contributed by atoms with Gasteiger partial charge in [-0.05, 0) is 24.1 Å². The van der Waals surface area contributed by atoms with Crippen molar-refractivity contribution in [2.45, 2.75) is 31.5 Å². The molecule has 4 heterocycles. The summed E-state index contributed by atoms with van der Waals surface area (Å²) in [6, 6.07) is 6.55. The maximum atomic E-state index is 15.2. The first-order valence-electron chi connectivity index (χ1n) is 15.7. The third-order valence-corrected chi connectivity index (χ3v) is 10.2. The molecule has 0 amide bonds. The average Bonchev–Trinajstić information content (AvgIpc) is 3.68. The Morgan fingerprint density at radius 2 is 1.68 bits per heavy atom. The number of ether oxygens (including phenoxy) is 5. The van der Waals surface area contributed by atoms with E-state index >= 15 is 4.79 Å². The number of aryl methyl sites for hydroxylation is 1. The van der Waals surface area contributed by atoms with Gasteiger partial charge in [0.2, 0.25) is 17.2 Å². The molecule has 0 bridgehead atoms. The lowest BCUT2D eigenvalue weighted by molar-refractivity contribution is -0.130. The monoisotopic (exact) mass is 703 g/mol. The second-order valence-corrected chi connectivity index (χ2v) is 12.8. The number of allylic oxidation sites excluding steroid dienone is 1. The number of rotatable bonds is 7. The van der Waals surface area contributed by atoms with Gasteiger partial charge < -0.3 is 33.6 Å². The van der Waals surface area contributed by atoms with Crippen molar-refractivity contribution >= 4 is 29.0 Å². The zero-order valence-electron chi connectivity index (χ0n) is 28.4. The number of imidazole rings is 1. The molecule has 0 saturated carbocycles. The van der Waals surface area contributed by atoms with Crippen molar-refractivity contribution in [3.8, 4) is 28.7 Å². The highest BCUT2D eigenvalue weighted by Crippen LogP contribution is 2.56. The standard InChI is InChI=1S/C35H34ClN5O9/c1-16-12-18-25(30(42)35(16)31(43)26-21(47-6)14-22(48-7)28(36)29(26)50-35)24(27-32(38-18)40(3)34(45)41(4)33(27)44)17-8-9-19(20(13-17)46-5)49-15-23-37-10-11-39(23)2/h8-11,13-14,16,24,38H,12,15H2,1-7H3/t16-,24?,35+/m1/s1. The molecule has 15 heteroatoms. The lowest BCUT2D eigenvalue weighted by atomic mass is 9.66. The number of hydrogen-bond donors (Lipinski definition) is 1. The molecule has 14 nitrogen and oxygen atoms in total. The number of Topliss-reactive ketones (excluding diaryl/α,β-unsaturated/α-hetero) is 2. The van der Waals surface area contributed by atoms with Crippen molar-refractivity contribution in [2.24, 2.45) is 27.1 Å². The fraction of sp³-hybridized carbons (Fsp3) is 0.343. The number of methoxy groups -OCH3 is 3. The molecule has 2 aromatic heterocycles. The van der Waals surface area contributed by atoms with Crippen LogP contribution in [0.2, 0.25) is 5.02 Å². The minimum Gasteiger partial charge on any atom is -0.496 e. The number of benzene rings is 2. The van der Waals surface area contributed by atoms with Gasteiger partial charge in [0.15, 0.2) is 17.2 Å². The minimum absolute atomic E-state index is 0.0201. The topological polar surface area (TPSA) is 154 Å². The molecule has 1 unspecified atom stereocenters. The average molecular weight is 704 g/mol. The first kappa shape index (κ1) is 33.0. The van der Waals surface area contributed by atoms with E-state index in [0.717, 1.165) is 4.57 Å². The zero-order chi connectivity index (χ0) is 35.8. The third kappa shape index (κ3) is 4.50. The van der Waals surface area contributed by atoms with Crippen LogP contribution in [0.3, 0.4) is 0 Å². The predicted molar refractivity (Wildman–Crippen MR) is 181 cm³/mol. The summed E-state index contributed by atoms with van der Waals surface area (Å²) >= 11 is 6.66. The molecule has 2 aromatic carbocycles. The van der Waals surface area contributed by atoms with Gasteiger partial charge in [0.25, 0.3) is 5.56 Å². The molecule has 260 valence electrons. The predicted octanol–water partition coefficient (Wildman–Crippen LogP) is 3.51. The van der Waals surface area contributed by atoms with Gasteiger partial charge in [0, 0.05) is 62.7 Å². The van der Waals surface area contributed by atoms with Crippen LogP contribution in [-0.2, 0) is 32.5 Å². The Balaban J connectivity index is 1.41. The number of halogens is 1. The Morgan fingerprint density at radius 3 is 2.34 bits per heavy atom. The summed E-state index contributed by atoms with van der Waals surface area (Å²) < 4.78 is 33.3. The summed E-state index contributed by atoms with van der Waals surface area (Å²) in [5.74, 6) is -1.06. The number of carbonyl (C=O) groups excluding carboxylic acids is 2. The molecule has 4 aromatic rings. The van der Waals surface area contributed by atoms with E-state index in [0.29, 0.717) is 28.6 Å². The Morgan fingerprint density at radius 1 is 0.960 bits per heavy atom. The van der Waals surface area contributed by atoms with E-state index in [4.69, 9.17) is 35.3 Å². The summed E-state index contributed by atoms with van der Waals surface area (Å²) in [7, 11) is 9.05. The smallest absolute Gasteiger partial charge is 0.332 e. The number of nitrogens with one attached hydrogen (secondary N) is 1. The highest BCUT2D eigenvalue weighted by Gasteiger charge is 2.63. The van der Waals surface area contributed by atoms with Crippen molar-refractivity contribution in [1.29, 1.82) is 0 Å². The number of aromatic nitrogens is 4. The second-order valence-electron chi connectivity index (χ2n) is 12.5. The Hall–Kier alpha value is -5.50. The van der Waals surface area contributed by atoms with Crippen molar-refractivity contribution in [3.63, 3.8) is 0 Å². The Labute approximate surface area is 290 Å². The molecule has 1 spiro atoms. The van der Waals surface area contributed by atoms with Crippen LogP contribution in [0, 0.1) is 5.92 Å². The molecule has 1 aliphatic carbocycles. The van der Waals surface area contributed by atoms with E-state index in [2.05, 4.69) is 10.3 Å². The summed E-state index contributed by atoms with van der Waals surface area (Å²) in [6.07, 6.45) is 3.62. The van der Waals surface area contributed by atoms with Gasteiger partial charge >= 0.3 is 5.69 Å². The normalized spacial score (nSPS) is 20.6. The van der Waals surface area contributed by atoms with Gasteiger partial charge in [0.1, 0.15) is 40.3 Å². The van der Waals surface area contributed by atoms with E-state index in [-0.39, 0.29) is 57.8 Å². The quantitative estimate of drug-likeness (QED) is 0.281. The third-order valence-electron chi connectivity index (χ3n) is 9.87. The van der Waals surface area contributed by atoms with Crippen LogP contribution in [-0.4, -0.2) is 57.2 Å². The van der Waals surface area contributed by atoms with Gasteiger partial charge in [-0.1, -0.05) is 24.6 Å². The molecule has 3 atom stereocenters. The van der Waals surface area contributed by atoms with Gasteiger partial charge in [-0.25, -0.2) is 9.78 Å². The van der Waals surface area contributed by atoms with Gasteiger partial charge in [-0.3, -0.25) is 23.5 Å². The molecule has 1 N–H and O–H groups in total. The van der Waals surface area contributed by atoms with Crippen LogP contribution in [0.1, 0.15) is 46.6 Å². The molecule has 7 rings (SSSR count). The Kier molecular flexibility index (Phi) is 7.81. The SMILES string of the molecule is COc1cc(C2C3=C(C[C@@H](C)[C@]4(Oc5c(Cl)c(OC)cc(OC)c5C4=O)C3=O)Nc3c2c(=O)n(C)c(=O)n3C)ccc1OCc1nccn1C. The minimum atomic E-state index is -2.04. The largest absolute Gasteiger partial charge is 0.496 e. The van der Waals surface area contributed by atoms with E-state index in [1.165, 1.54) is 39.0 Å². The van der Waals surface area contributed by atoms with Crippen LogP contribution in [0.25, 0.3) is 0 Å².